The first-order chi connectivity index (χ1) is 18.7. The van der Waals surface area contributed by atoms with Gasteiger partial charge < -0.3 is 44.0 Å². The molecule has 12 heteroatoms. The highest BCUT2D eigenvalue weighted by atomic mass is 79.9. The number of rotatable bonds is 7. The van der Waals surface area contributed by atoms with Crippen LogP contribution in [0.15, 0.2) is 18.2 Å². The van der Waals surface area contributed by atoms with E-state index in [2.05, 4.69) is 26.2 Å². The van der Waals surface area contributed by atoms with E-state index in [4.69, 9.17) is 23.7 Å². The van der Waals surface area contributed by atoms with E-state index in [1.807, 2.05) is 0 Å². The maximum absolute atomic E-state index is 14.0. The van der Waals surface area contributed by atoms with Crippen molar-refractivity contribution in [3.05, 3.63) is 35.0 Å². The van der Waals surface area contributed by atoms with Gasteiger partial charge >= 0.3 is 5.97 Å². The molecule has 3 N–H and O–H groups in total. The number of fused-ring (bicyclic) bond motifs is 4. The third kappa shape index (κ3) is 3.80. The van der Waals surface area contributed by atoms with Gasteiger partial charge in [0.2, 0.25) is 5.75 Å². The van der Waals surface area contributed by atoms with Gasteiger partial charge in [0, 0.05) is 34.8 Å². The van der Waals surface area contributed by atoms with E-state index in [0.717, 1.165) is 5.56 Å². The molecule has 0 bridgehead atoms. The molecule has 5 rings (SSSR count). The molecule has 0 saturated heterocycles. The lowest BCUT2D eigenvalue weighted by molar-refractivity contribution is -0.149. The molecule has 0 radical (unpaired) electrons. The molecule has 2 aromatic carbocycles. The third-order valence-electron chi connectivity index (χ3n) is 7.57. The number of nitrogens with one attached hydrogen (secondary N) is 2. The SMILES string of the molecule is COC(=O)[C@]1(C)Nc2c(OC)cc3c(c2[C@H]1O)[C@H](CBr)CN3C(=O)c1cc2cc(OC)c(OC)c(OC)c2[nH]1. The summed E-state index contributed by atoms with van der Waals surface area (Å²) in [5.74, 6) is 0.656. The van der Waals surface area contributed by atoms with Crippen LogP contribution in [-0.2, 0) is 9.53 Å². The first kappa shape index (κ1) is 26.9. The predicted octanol–water partition coefficient (Wildman–Crippen LogP) is 3.73. The van der Waals surface area contributed by atoms with Crippen LogP contribution in [0.25, 0.3) is 10.9 Å². The molecule has 11 nitrogen and oxygen atoms in total. The van der Waals surface area contributed by atoms with Crippen LogP contribution in [0, 0.1) is 0 Å². The van der Waals surface area contributed by atoms with Crippen LogP contribution < -0.4 is 29.2 Å². The normalized spacial score (nSPS) is 21.3. The van der Waals surface area contributed by atoms with Crippen LogP contribution in [-0.4, -0.2) is 74.9 Å². The number of aliphatic hydroxyl groups is 1. The molecule has 0 aliphatic carbocycles. The fraction of sp³-hybridized carbons (Fsp3) is 0.407. The number of H-pyrrole nitrogens is 1. The van der Waals surface area contributed by atoms with Crippen LogP contribution in [0.4, 0.5) is 11.4 Å². The summed E-state index contributed by atoms with van der Waals surface area (Å²) >= 11 is 3.58. The quantitative estimate of drug-likeness (QED) is 0.273. The highest BCUT2D eigenvalue weighted by Gasteiger charge is 2.53. The van der Waals surface area contributed by atoms with Crippen molar-refractivity contribution in [3.63, 3.8) is 0 Å². The Bertz CT molecular complexity index is 1490. The van der Waals surface area contributed by atoms with E-state index >= 15 is 0 Å². The number of ether oxygens (including phenoxy) is 5. The number of alkyl halides is 1. The van der Waals surface area contributed by atoms with Gasteiger partial charge in [0.05, 0.1) is 52.4 Å². The lowest BCUT2D eigenvalue weighted by Gasteiger charge is -2.26. The molecule has 3 atom stereocenters. The molecule has 208 valence electrons. The summed E-state index contributed by atoms with van der Waals surface area (Å²) < 4.78 is 27.1. The van der Waals surface area contributed by atoms with E-state index in [1.165, 1.54) is 35.5 Å². The van der Waals surface area contributed by atoms with Gasteiger partial charge in [-0.05, 0) is 24.6 Å². The predicted molar refractivity (Wildman–Crippen MR) is 148 cm³/mol. The van der Waals surface area contributed by atoms with E-state index in [9.17, 15) is 14.7 Å². The van der Waals surface area contributed by atoms with Crippen LogP contribution in [0.1, 0.15) is 40.6 Å². The van der Waals surface area contributed by atoms with E-state index in [0.29, 0.717) is 68.4 Å². The summed E-state index contributed by atoms with van der Waals surface area (Å²) in [5, 5.41) is 15.8. The number of carbonyl (C=O) groups excluding carboxylic acids is 2. The van der Waals surface area contributed by atoms with Crippen LogP contribution in [0.5, 0.6) is 23.0 Å². The Hall–Kier alpha value is -3.64. The second-order valence-corrected chi connectivity index (χ2v) is 10.2. The van der Waals surface area contributed by atoms with E-state index < -0.39 is 17.6 Å². The van der Waals surface area contributed by atoms with E-state index in [-0.39, 0.29) is 11.8 Å². The molecular formula is C27H30BrN3O8. The van der Waals surface area contributed by atoms with Crippen molar-refractivity contribution in [1.29, 1.82) is 0 Å². The summed E-state index contributed by atoms with van der Waals surface area (Å²) in [5.41, 5.74) is 1.89. The lowest BCUT2D eigenvalue weighted by Crippen LogP contribution is -2.45. The number of esters is 1. The zero-order valence-corrected chi connectivity index (χ0v) is 24.0. The van der Waals surface area contributed by atoms with Gasteiger partial charge in [0.25, 0.3) is 5.91 Å². The van der Waals surface area contributed by atoms with Gasteiger partial charge in [-0.2, -0.15) is 0 Å². The second kappa shape index (κ2) is 9.83. The van der Waals surface area contributed by atoms with Crippen molar-refractivity contribution < 1.29 is 38.4 Å². The van der Waals surface area contributed by atoms with Crippen LogP contribution in [0.3, 0.4) is 0 Å². The Morgan fingerprint density at radius 3 is 2.31 bits per heavy atom. The standard InChI is InChI=1S/C27H30BrN3O8/c1-27(26(34)39-6)24(32)19-18-13(10-28)11-31(15(18)9-16(35-2)21(19)30-27)25(33)14-7-12-8-17(36-3)22(37-4)23(38-5)20(12)29-14/h7-9,13,24,29-30,32H,10-11H2,1-6H3/t13-,24-,27-/m1/s1. The Labute approximate surface area is 233 Å². The number of aliphatic hydroxyl groups excluding tert-OH is 1. The number of hydrogen-bond acceptors (Lipinski definition) is 9. The summed E-state index contributed by atoms with van der Waals surface area (Å²) in [6.45, 7) is 1.93. The molecule has 0 saturated carbocycles. The highest BCUT2D eigenvalue weighted by Crippen LogP contribution is 2.55. The van der Waals surface area contributed by atoms with E-state index in [1.54, 1.807) is 30.0 Å². The molecule has 1 amide bonds. The number of aromatic nitrogens is 1. The van der Waals surface area contributed by atoms with Crippen molar-refractivity contribution in [2.75, 3.05) is 57.6 Å². The second-order valence-electron chi connectivity index (χ2n) is 9.58. The Morgan fingerprint density at radius 2 is 1.72 bits per heavy atom. The monoisotopic (exact) mass is 603 g/mol. The zero-order chi connectivity index (χ0) is 28.2. The number of amides is 1. The van der Waals surface area contributed by atoms with Gasteiger partial charge in [0.1, 0.15) is 17.5 Å². The fourth-order valence-electron chi connectivity index (χ4n) is 5.63. The van der Waals surface area contributed by atoms with Gasteiger partial charge in [-0.3, -0.25) is 4.79 Å². The number of benzene rings is 2. The van der Waals surface area contributed by atoms with Crippen molar-refractivity contribution in [2.45, 2.75) is 24.5 Å². The third-order valence-corrected chi connectivity index (χ3v) is 8.35. The number of aromatic amines is 1. The topological polar surface area (TPSA) is 132 Å². The van der Waals surface area contributed by atoms with Crippen molar-refractivity contribution in [2.24, 2.45) is 0 Å². The Kier molecular flexibility index (Phi) is 6.79. The minimum absolute atomic E-state index is 0.154. The van der Waals surface area contributed by atoms with Gasteiger partial charge in [0.15, 0.2) is 17.0 Å². The minimum atomic E-state index is -1.42. The number of halogens is 1. The fourth-order valence-corrected chi connectivity index (χ4v) is 6.16. The van der Waals surface area contributed by atoms with Crippen molar-refractivity contribution >= 4 is 50.1 Å². The first-order valence-electron chi connectivity index (χ1n) is 12.2. The van der Waals surface area contributed by atoms with Gasteiger partial charge in [-0.25, -0.2) is 4.79 Å². The molecule has 2 aliphatic heterocycles. The number of carbonyl (C=O) groups is 2. The van der Waals surface area contributed by atoms with Crippen LogP contribution >= 0.6 is 15.9 Å². The summed E-state index contributed by atoms with van der Waals surface area (Å²) in [4.78, 5) is 31.5. The number of anilines is 2. The number of methoxy groups -OCH3 is 5. The molecule has 3 heterocycles. The molecule has 0 fully saturated rings. The lowest BCUT2D eigenvalue weighted by atomic mass is 9.88. The summed E-state index contributed by atoms with van der Waals surface area (Å²) in [6.07, 6.45) is -1.22. The minimum Gasteiger partial charge on any atom is -0.494 e. The van der Waals surface area contributed by atoms with Crippen molar-refractivity contribution in [3.8, 4) is 23.0 Å². The van der Waals surface area contributed by atoms with Crippen LogP contribution in [0.2, 0.25) is 0 Å². The molecule has 39 heavy (non-hydrogen) atoms. The molecule has 0 unspecified atom stereocenters. The zero-order valence-electron chi connectivity index (χ0n) is 22.4. The summed E-state index contributed by atoms with van der Waals surface area (Å²) in [6, 6.07) is 5.26. The highest BCUT2D eigenvalue weighted by molar-refractivity contribution is 9.09. The molecular weight excluding hydrogens is 574 g/mol. The number of nitrogens with zero attached hydrogens (tertiary/aromatic N) is 1. The largest absolute Gasteiger partial charge is 0.494 e. The average Bonchev–Trinajstić information content (AvgIpc) is 3.62. The van der Waals surface area contributed by atoms with Gasteiger partial charge in [-0.15, -0.1) is 0 Å². The Morgan fingerprint density at radius 1 is 1.03 bits per heavy atom. The average molecular weight is 604 g/mol. The Balaban J connectivity index is 1.64. The maximum atomic E-state index is 14.0. The molecule has 2 aliphatic rings. The smallest absolute Gasteiger partial charge is 0.334 e. The summed E-state index contributed by atoms with van der Waals surface area (Å²) in [7, 11) is 7.34. The van der Waals surface area contributed by atoms with Gasteiger partial charge in [-0.1, -0.05) is 15.9 Å². The first-order valence-corrected chi connectivity index (χ1v) is 13.3. The molecule has 3 aromatic rings. The van der Waals surface area contributed by atoms with Crippen molar-refractivity contribution in [1.82, 2.24) is 4.98 Å². The molecule has 1 aromatic heterocycles. The maximum Gasteiger partial charge on any atom is 0.334 e. The molecule has 0 spiro atoms. The number of hydrogen-bond donors (Lipinski definition) is 3.